The summed E-state index contributed by atoms with van der Waals surface area (Å²) in [6, 6.07) is 9.40. The first-order valence-electron chi connectivity index (χ1n) is 15.3. The van der Waals surface area contributed by atoms with E-state index in [1.165, 1.54) is 0 Å². The molecular formula is C34H36N4O7. The predicted molar refractivity (Wildman–Crippen MR) is 161 cm³/mol. The van der Waals surface area contributed by atoms with Gasteiger partial charge in [0.1, 0.15) is 12.1 Å². The standard InChI is InChI=1S/C34H36N4O7/c1-33(2,19-5-7-21-18(15-19)17-37(30(21)43)24-9-11-26(39)35-28(24)41)13-14-34(3,4)20-6-8-22-23(16-20)32(45)38(31(22)44)25-10-12-27(40)36-29(25)42/h5-8,15-16,24-25H,9-14,17H2,1-4H3,(H,35,39,41)(H,36,40,42). The Labute approximate surface area is 260 Å². The molecule has 4 heterocycles. The van der Waals surface area contributed by atoms with Crippen LogP contribution in [0.2, 0.25) is 0 Å². The first kappa shape index (κ1) is 30.4. The highest BCUT2D eigenvalue weighted by Crippen LogP contribution is 2.39. The van der Waals surface area contributed by atoms with Crippen LogP contribution >= 0.6 is 0 Å². The van der Waals surface area contributed by atoms with Crippen LogP contribution in [0.15, 0.2) is 36.4 Å². The maximum absolute atomic E-state index is 13.4. The highest BCUT2D eigenvalue weighted by molar-refractivity contribution is 6.23. The summed E-state index contributed by atoms with van der Waals surface area (Å²) >= 11 is 0. The summed E-state index contributed by atoms with van der Waals surface area (Å²) in [5, 5.41) is 4.56. The molecule has 11 heteroatoms. The molecule has 2 N–H and O–H groups in total. The zero-order valence-corrected chi connectivity index (χ0v) is 25.8. The molecule has 7 amide bonds. The number of piperidine rings is 2. The molecule has 0 radical (unpaired) electrons. The summed E-state index contributed by atoms with van der Waals surface area (Å²) in [4.78, 5) is 90.2. The number of benzene rings is 2. The quantitative estimate of drug-likeness (QED) is 0.457. The molecule has 234 valence electrons. The molecule has 2 aromatic carbocycles. The monoisotopic (exact) mass is 612 g/mol. The van der Waals surface area contributed by atoms with E-state index < -0.39 is 41.6 Å². The van der Waals surface area contributed by atoms with Gasteiger partial charge in [-0.15, -0.1) is 0 Å². The number of rotatable bonds is 7. The SMILES string of the molecule is CC(C)(CCC(C)(C)c1ccc2c(c1)C(=O)N(C1CCC(=O)NC1=O)C2=O)c1ccc2c(c1)CN(C1CCC(=O)NC1=O)C2=O. The zero-order chi connectivity index (χ0) is 32.4. The van der Waals surface area contributed by atoms with E-state index in [9.17, 15) is 33.6 Å². The van der Waals surface area contributed by atoms with Gasteiger partial charge in [0.05, 0.1) is 11.1 Å². The number of nitrogens with zero attached hydrogens (tertiary/aromatic N) is 2. The van der Waals surface area contributed by atoms with Crippen LogP contribution in [0.5, 0.6) is 0 Å². The molecule has 6 rings (SSSR count). The van der Waals surface area contributed by atoms with Crippen molar-refractivity contribution in [1.29, 1.82) is 0 Å². The number of nitrogens with one attached hydrogen (secondary N) is 2. The lowest BCUT2D eigenvalue weighted by Crippen LogP contribution is -2.54. The smallest absolute Gasteiger partial charge is 0.262 e. The number of amides is 7. The fourth-order valence-electron chi connectivity index (χ4n) is 6.80. The number of hydrogen-bond donors (Lipinski definition) is 2. The summed E-state index contributed by atoms with van der Waals surface area (Å²) in [5.41, 5.74) is 3.25. The molecule has 45 heavy (non-hydrogen) atoms. The third kappa shape index (κ3) is 5.23. The summed E-state index contributed by atoms with van der Waals surface area (Å²) in [7, 11) is 0. The average molecular weight is 613 g/mol. The maximum Gasteiger partial charge on any atom is 0.262 e. The second kappa shape index (κ2) is 10.7. The average Bonchev–Trinajstić information content (AvgIpc) is 3.44. The largest absolute Gasteiger partial charge is 0.322 e. The lowest BCUT2D eigenvalue weighted by atomic mass is 9.72. The maximum atomic E-state index is 13.4. The van der Waals surface area contributed by atoms with Gasteiger partial charge >= 0.3 is 0 Å². The number of hydrogen-bond acceptors (Lipinski definition) is 7. The van der Waals surface area contributed by atoms with Crippen molar-refractivity contribution < 1.29 is 33.6 Å². The predicted octanol–water partition coefficient (Wildman–Crippen LogP) is 2.88. The van der Waals surface area contributed by atoms with E-state index in [-0.39, 0.29) is 53.0 Å². The molecule has 0 aromatic heterocycles. The second-order valence-electron chi connectivity index (χ2n) is 13.7. The third-order valence-electron chi connectivity index (χ3n) is 9.90. The van der Waals surface area contributed by atoms with Crippen molar-refractivity contribution in [2.75, 3.05) is 0 Å². The van der Waals surface area contributed by atoms with Crippen molar-refractivity contribution in [3.8, 4) is 0 Å². The van der Waals surface area contributed by atoms with E-state index >= 15 is 0 Å². The fourth-order valence-corrected chi connectivity index (χ4v) is 6.80. The normalized spacial score (nSPS) is 22.1. The van der Waals surface area contributed by atoms with E-state index in [0.29, 0.717) is 18.5 Å². The fraction of sp³-hybridized carbons (Fsp3) is 0.441. The van der Waals surface area contributed by atoms with E-state index in [2.05, 4.69) is 38.3 Å². The lowest BCUT2D eigenvalue weighted by molar-refractivity contribution is -0.138. The Morgan fingerprint density at radius 3 is 1.73 bits per heavy atom. The Hall–Kier alpha value is -4.67. The molecule has 0 bridgehead atoms. The van der Waals surface area contributed by atoms with Crippen molar-refractivity contribution in [2.24, 2.45) is 0 Å². The van der Waals surface area contributed by atoms with Gasteiger partial charge in [0, 0.05) is 24.9 Å². The van der Waals surface area contributed by atoms with Crippen LogP contribution in [0, 0.1) is 0 Å². The number of fused-ring (bicyclic) bond motifs is 2. The molecule has 0 saturated carbocycles. The molecule has 4 aliphatic rings. The molecule has 2 aromatic rings. The van der Waals surface area contributed by atoms with Crippen LogP contribution in [-0.4, -0.2) is 63.2 Å². The summed E-state index contributed by atoms with van der Waals surface area (Å²) in [6.45, 7) is 8.77. The van der Waals surface area contributed by atoms with Crippen LogP contribution in [-0.2, 0) is 36.6 Å². The van der Waals surface area contributed by atoms with E-state index in [4.69, 9.17) is 0 Å². The molecule has 0 spiro atoms. The second-order valence-corrected chi connectivity index (χ2v) is 13.7. The Morgan fingerprint density at radius 1 is 0.644 bits per heavy atom. The van der Waals surface area contributed by atoms with Crippen molar-refractivity contribution in [3.63, 3.8) is 0 Å². The first-order chi connectivity index (χ1) is 21.2. The molecule has 0 aliphatic carbocycles. The minimum atomic E-state index is -1.01. The minimum absolute atomic E-state index is 0.0660. The van der Waals surface area contributed by atoms with Gasteiger partial charge in [-0.2, -0.15) is 0 Å². The lowest BCUT2D eigenvalue weighted by Gasteiger charge is -2.32. The molecule has 11 nitrogen and oxygen atoms in total. The van der Waals surface area contributed by atoms with E-state index in [1.807, 2.05) is 24.3 Å². The van der Waals surface area contributed by atoms with Crippen LogP contribution < -0.4 is 10.6 Å². The first-order valence-corrected chi connectivity index (χ1v) is 15.3. The molecule has 2 fully saturated rings. The summed E-state index contributed by atoms with van der Waals surface area (Å²) < 4.78 is 0. The Morgan fingerprint density at radius 2 is 1.16 bits per heavy atom. The van der Waals surface area contributed by atoms with Crippen molar-refractivity contribution in [1.82, 2.24) is 20.4 Å². The minimum Gasteiger partial charge on any atom is -0.322 e. The number of imide groups is 3. The summed E-state index contributed by atoms with van der Waals surface area (Å²) in [5.74, 6) is -3.06. The van der Waals surface area contributed by atoms with Crippen molar-refractivity contribution in [2.45, 2.75) is 95.7 Å². The van der Waals surface area contributed by atoms with E-state index in [1.54, 1.807) is 17.0 Å². The molecular weight excluding hydrogens is 576 g/mol. The van der Waals surface area contributed by atoms with Gasteiger partial charge in [0.2, 0.25) is 23.6 Å². The topological polar surface area (TPSA) is 150 Å². The van der Waals surface area contributed by atoms with Gasteiger partial charge in [-0.3, -0.25) is 49.1 Å². The van der Waals surface area contributed by atoms with Crippen molar-refractivity contribution >= 4 is 41.4 Å². The number of carbonyl (C=O) groups is 7. The zero-order valence-electron chi connectivity index (χ0n) is 25.8. The Bertz CT molecular complexity index is 1710. The van der Waals surface area contributed by atoms with Gasteiger partial charge in [-0.25, -0.2) is 0 Å². The Kier molecular flexibility index (Phi) is 7.25. The van der Waals surface area contributed by atoms with Gasteiger partial charge in [-0.1, -0.05) is 45.9 Å². The van der Waals surface area contributed by atoms with Crippen LogP contribution in [0.1, 0.15) is 114 Å². The molecule has 2 unspecified atom stereocenters. The molecule has 2 atom stereocenters. The molecule has 2 saturated heterocycles. The van der Waals surface area contributed by atoms with Gasteiger partial charge in [-0.05, 0) is 71.4 Å². The van der Waals surface area contributed by atoms with Crippen LogP contribution in [0.3, 0.4) is 0 Å². The van der Waals surface area contributed by atoms with Gasteiger partial charge < -0.3 is 4.90 Å². The van der Waals surface area contributed by atoms with Crippen LogP contribution in [0.4, 0.5) is 0 Å². The van der Waals surface area contributed by atoms with Gasteiger partial charge in [0.25, 0.3) is 17.7 Å². The van der Waals surface area contributed by atoms with Crippen molar-refractivity contribution in [3.05, 3.63) is 69.8 Å². The highest BCUT2D eigenvalue weighted by atomic mass is 16.2. The third-order valence-corrected chi connectivity index (χ3v) is 9.90. The van der Waals surface area contributed by atoms with E-state index in [0.717, 1.165) is 34.4 Å². The van der Waals surface area contributed by atoms with Crippen LogP contribution in [0.25, 0.3) is 0 Å². The highest BCUT2D eigenvalue weighted by Gasteiger charge is 2.45. The van der Waals surface area contributed by atoms with Gasteiger partial charge in [0.15, 0.2) is 0 Å². The molecule has 4 aliphatic heterocycles. The number of carbonyl (C=O) groups excluding carboxylic acids is 7. The summed E-state index contributed by atoms with van der Waals surface area (Å²) in [6.07, 6.45) is 2.21. The Balaban J connectivity index is 1.16.